The summed E-state index contributed by atoms with van der Waals surface area (Å²) < 4.78 is 21.2. The second-order valence-electron chi connectivity index (χ2n) is 9.20. The van der Waals surface area contributed by atoms with Crippen molar-refractivity contribution in [3.63, 3.8) is 0 Å². The molecule has 2 fully saturated rings. The van der Waals surface area contributed by atoms with Crippen molar-refractivity contribution in [2.45, 2.75) is 18.9 Å². The lowest BCUT2D eigenvalue weighted by atomic mass is 10.0. The quantitative estimate of drug-likeness (QED) is 0.435. The van der Waals surface area contributed by atoms with E-state index in [1.165, 1.54) is 12.1 Å². The minimum atomic E-state index is -0.399. The summed E-state index contributed by atoms with van der Waals surface area (Å²) in [6, 6.07) is 16.0. The van der Waals surface area contributed by atoms with Gasteiger partial charge in [0.05, 0.1) is 30.8 Å². The molecule has 36 heavy (non-hydrogen) atoms. The number of rotatable bonds is 4. The molecule has 4 aromatic rings. The minimum absolute atomic E-state index is 0.107. The van der Waals surface area contributed by atoms with E-state index in [-0.39, 0.29) is 11.9 Å². The number of nitrogens with zero attached hydrogens (tertiary/aromatic N) is 6. The lowest BCUT2D eigenvalue weighted by Crippen LogP contribution is -2.39. The van der Waals surface area contributed by atoms with E-state index in [9.17, 15) is 9.18 Å². The molecular formula is C27H27FN6O2. The Labute approximate surface area is 208 Å². The van der Waals surface area contributed by atoms with E-state index in [0.717, 1.165) is 48.3 Å². The van der Waals surface area contributed by atoms with Gasteiger partial charge in [0, 0.05) is 37.3 Å². The number of aromatic nitrogens is 4. The lowest BCUT2D eigenvalue weighted by molar-refractivity contribution is 0.0691. The molecule has 6 rings (SSSR count). The van der Waals surface area contributed by atoms with Gasteiger partial charge in [-0.1, -0.05) is 36.4 Å². The van der Waals surface area contributed by atoms with Gasteiger partial charge in [-0.15, -0.1) is 0 Å². The van der Waals surface area contributed by atoms with Gasteiger partial charge in [-0.05, 0) is 31.0 Å². The molecule has 0 radical (unpaired) electrons. The predicted octanol–water partition coefficient (Wildman–Crippen LogP) is 3.95. The summed E-state index contributed by atoms with van der Waals surface area (Å²) in [6.45, 7) is 4.02. The molecule has 4 heterocycles. The van der Waals surface area contributed by atoms with Crippen LogP contribution in [0.1, 0.15) is 29.2 Å². The van der Waals surface area contributed by atoms with Crippen LogP contribution in [0.5, 0.6) is 0 Å². The molecule has 0 aliphatic carbocycles. The molecular weight excluding hydrogens is 459 g/mol. The summed E-state index contributed by atoms with van der Waals surface area (Å²) in [4.78, 5) is 26.8. The Bertz CT molecular complexity index is 1380. The maximum Gasteiger partial charge on any atom is 0.253 e. The number of carbonyl (C=O) groups excluding carboxylic acids is 1. The number of morpholine rings is 1. The first-order chi connectivity index (χ1) is 17.7. The van der Waals surface area contributed by atoms with Gasteiger partial charge in [-0.25, -0.2) is 19.0 Å². The second kappa shape index (κ2) is 9.66. The van der Waals surface area contributed by atoms with Gasteiger partial charge in [-0.3, -0.25) is 4.79 Å². The number of benzene rings is 2. The zero-order valence-electron chi connectivity index (χ0n) is 19.9. The SMILES string of the molecule is O=C(c1cccc(F)c1)N1CCC(n2ncc3c(N4CCOCC4)nc(-c4ccccc4)nc32)CC1. The highest BCUT2D eigenvalue weighted by Crippen LogP contribution is 2.32. The molecule has 2 aliphatic heterocycles. The van der Waals surface area contributed by atoms with Crippen LogP contribution in [0.4, 0.5) is 10.2 Å². The Kier molecular flexibility index (Phi) is 6.06. The molecule has 0 spiro atoms. The Balaban J connectivity index is 1.30. The maximum absolute atomic E-state index is 13.6. The predicted molar refractivity (Wildman–Crippen MR) is 134 cm³/mol. The molecule has 1 amide bonds. The van der Waals surface area contributed by atoms with Crippen molar-refractivity contribution in [1.29, 1.82) is 0 Å². The van der Waals surface area contributed by atoms with Crippen molar-refractivity contribution >= 4 is 22.8 Å². The van der Waals surface area contributed by atoms with Crippen LogP contribution < -0.4 is 4.90 Å². The molecule has 0 N–H and O–H groups in total. The largest absolute Gasteiger partial charge is 0.378 e. The number of likely N-dealkylation sites (tertiary alicyclic amines) is 1. The summed E-state index contributed by atoms with van der Waals surface area (Å²) in [7, 11) is 0. The first kappa shape index (κ1) is 22.6. The summed E-state index contributed by atoms with van der Waals surface area (Å²) >= 11 is 0. The van der Waals surface area contributed by atoms with Crippen molar-refractivity contribution in [3.8, 4) is 11.4 Å². The Morgan fingerprint density at radius 3 is 2.47 bits per heavy atom. The third-order valence-electron chi connectivity index (χ3n) is 6.95. The van der Waals surface area contributed by atoms with Gasteiger partial charge in [-0.2, -0.15) is 5.10 Å². The topological polar surface area (TPSA) is 76.4 Å². The van der Waals surface area contributed by atoms with Crippen LogP contribution in [0.25, 0.3) is 22.4 Å². The van der Waals surface area contributed by atoms with Crippen LogP contribution >= 0.6 is 0 Å². The van der Waals surface area contributed by atoms with Crippen LogP contribution in [0.15, 0.2) is 60.8 Å². The Hall–Kier alpha value is -3.85. The number of halogens is 1. The van der Waals surface area contributed by atoms with E-state index in [1.54, 1.807) is 17.0 Å². The van der Waals surface area contributed by atoms with E-state index in [0.29, 0.717) is 37.7 Å². The fourth-order valence-electron chi connectivity index (χ4n) is 5.03. The van der Waals surface area contributed by atoms with E-state index in [4.69, 9.17) is 19.8 Å². The molecule has 2 aromatic heterocycles. The van der Waals surface area contributed by atoms with Gasteiger partial charge in [0.15, 0.2) is 11.5 Å². The number of piperidine rings is 1. The van der Waals surface area contributed by atoms with Gasteiger partial charge >= 0.3 is 0 Å². The maximum atomic E-state index is 13.6. The number of anilines is 1. The van der Waals surface area contributed by atoms with Crippen LogP contribution in [0.3, 0.4) is 0 Å². The molecule has 2 saturated heterocycles. The summed E-state index contributed by atoms with van der Waals surface area (Å²) in [5.74, 6) is 1.02. The van der Waals surface area contributed by atoms with Crippen LogP contribution in [0, 0.1) is 5.82 Å². The van der Waals surface area contributed by atoms with Crippen molar-refractivity contribution in [2.75, 3.05) is 44.3 Å². The Morgan fingerprint density at radius 2 is 1.72 bits per heavy atom. The summed E-state index contributed by atoms with van der Waals surface area (Å²) in [6.07, 6.45) is 3.35. The summed E-state index contributed by atoms with van der Waals surface area (Å²) in [5, 5.41) is 5.68. The van der Waals surface area contributed by atoms with Crippen LogP contribution in [0.2, 0.25) is 0 Å². The number of fused-ring (bicyclic) bond motifs is 1. The molecule has 2 aromatic carbocycles. The number of hydrogen-bond acceptors (Lipinski definition) is 6. The normalized spacial score (nSPS) is 17.0. The third kappa shape index (κ3) is 4.30. The highest BCUT2D eigenvalue weighted by atomic mass is 19.1. The van der Waals surface area contributed by atoms with Crippen LogP contribution in [-0.2, 0) is 4.74 Å². The minimum Gasteiger partial charge on any atom is -0.378 e. The number of ether oxygens (including phenoxy) is 1. The van der Waals surface area contributed by atoms with Crippen molar-refractivity contribution in [3.05, 3.63) is 72.2 Å². The Morgan fingerprint density at radius 1 is 0.944 bits per heavy atom. The van der Waals surface area contributed by atoms with Gasteiger partial charge in [0.1, 0.15) is 11.6 Å². The van der Waals surface area contributed by atoms with E-state index >= 15 is 0 Å². The number of amides is 1. The smallest absolute Gasteiger partial charge is 0.253 e. The van der Waals surface area contributed by atoms with Gasteiger partial charge < -0.3 is 14.5 Å². The zero-order valence-corrected chi connectivity index (χ0v) is 19.9. The number of carbonyl (C=O) groups is 1. The van der Waals surface area contributed by atoms with Crippen molar-refractivity contribution in [1.82, 2.24) is 24.6 Å². The third-order valence-corrected chi connectivity index (χ3v) is 6.95. The van der Waals surface area contributed by atoms with E-state index in [2.05, 4.69) is 4.90 Å². The van der Waals surface area contributed by atoms with Gasteiger partial charge in [0.2, 0.25) is 0 Å². The molecule has 0 unspecified atom stereocenters. The molecule has 0 bridgehead atoms. The van der Waals surface area contributed by atoms with Crippen molar-refractivity contribution in [2.24, 2.45) is 0 Å². The molecule has 0 saturated carbocycles. The average Bonchev–Trinajstić information content (AvgIpc) is 3.37. The fourth-order valence-corrected chi connectivity index (χ4v) is 5.03. The molecule has 0 atom stereocenters. The highest BCUT2D eigenvalue weighted by Gasteiger charge is 2.28. The van der Waals surface area contributed by atoms with E-state index in [1.807, 2.05) is 41.2 Å². The fraction of sp³-hybridized carbons (Fsp3) is 0.333. The molecule has 184 valence electrons. The molecule has 9 heteroatoms. The highest BCUT2D eigenvalue weighted by molar-refractivity contribution is 5.94. The number of hydrogen-bond donors (Lipinski definition) is 0. The second-order valence-corrected chi connectivity index (χ2v) is 9.20. The molecule has 2 aliphatic rings. The first-order valence-electron chi connectivity index (χ1n) is 12.4. The monoisotopic (exact) mass is 486 g/mol. The van der Waals surface area contributed by atoms with Crippen LogP contribution in [-0.4, -0.2) is 69.9 Å². The van der Waals surface area contributed by atoms with Gasteiger partial charge in [0.25, 0.3) is 5.91 Å². The standard InChI is InChI=1S/C27H27FN6O2/c28-21-8-4-7-20(17-21)27(35)33-11-9-22(10-12-33)34-26-23(18-29-34)25(32-13-15-36-16-14-32)30-24(31-26)19-5-2-1-3-6-19/h1-8,17-18,22H,9-16H2. The lowest BCUT2D eigenvalue weighted by Gasteiger charge is -2.32. The van der Waals surface area contributed by atoms with Crippen molar-refractivity contribution < 1.29 is 13.9 Å². The van der Waals surface area contributed by atoms with E-state index < -0.39 is 5.82 Å². The first-order valence-corrected chi connectivity index (χ1v) is 12.4. The zero-order chi connectivity index (χ0) is 24.5. The summed E-state index contributed by atoms with van der Waals surface area (Å²) in [5.41, 5.74) is 2.14. The molecule has 8 nitrogen and oxygen atoms in total. The average molecular weight is 487 g/mol.